The van der Waals surface area contributed by atoms with Crippen molar-refractivity contribution in [3.05, 3.63) is 82.1 Å². The molecule has 1 spiro atoms. The van der Waals surface area contributed by atoms with Gasteiger partial charge in [0, 0.05) is 90.9 Å². The van der Waals surface area contributed by atoms with Gasteiger partial charge in [-0.25, -0.2) is 4.79 Å². The first-order valence-corrected chi connectivity index (χ1v) is 21.2. The number of hydrogen-bond acceptors (Lipinski definition) is 12. The molecule has 3 aromatic rings. The van der Waals surface area contributed by atoms with Crippen molar-refractivity contribution < 1.29 is 38.4 Å². The third-order valence-corrected chi connectivity index (χ3v) is 15.3. The van der Waals surface area contributed by atoms with Gasteiger partial charge in [-0.2, -0.15) is 5.26 Å². The van der Waals surface area contributed by atoms with E-state index in [9.17, 15) is 20.0 Å². The molecule has 2 fully saturated rings. The van der Waals surface area contributed by atoms with Gasteiger partial charge in [0.2, 0.25) is 5.60 Å². The minimum Gasteiger partial charge on any atom is -0.496 e. The van der Waals surface area contributed by atoms with Gasteiger partial charge < -0.3 is 33.9 Å². The number of likely N-dealkylation sites (N-methyl/N-ethyl adjacent to an activating group) is 1. The zero-order chi connectivity index (χ0) is 42.5. The molecular formula is C47H55N5O8. The van der Waals surface area contributed by atoms with Gasteiger partial charge >= 0.3 is 17.9 Å². The van der Waals surface area contributed by atoms with Crippen LogP contribution in [0.25, 0.3) is 10.9 Å². The van der Waals surface area contributed by atoms with Crippen molar-refractivity contribution in [2.45, 2.75) is 87.5 Å². The van der Waals surface area contributed by atoms with Crippen molar-refractivity contribution in [3.63, 3.8) is 0 Å². The number of aliphatic hydroxyl groups is 1. The highest BCUT2D eigenvalue weighted by Crippen LogP contribution is 2.68. The summed E-state index contributed by atoms with van der Waals surface area (Å²) in [6, 6.07) is 10.7. The second kappa shape index (κ2) is 14.2. The highest BCUT2D eigenvalue weighted by atomic mass is 16.6. The first kappa shape index (κ1) is 40.3. The number of nitrogens with one attached hydrogen (secondary N) is 1. The van der Waals surface area contributed by atoms with E-state index in [0.717, 1.165) is 53.8 Å². The van der Waals surface area contributed by atoms with Gasteiger partial charge in [-0.1, -0.05) is 37.6 Å². The normalized spacial score (nSPS) is 33.8. The largest absolute Gasteiger partial charge is 0.496 e. The van der Waals surface area contributed by atoms with Crippen molar-refractivity contribution >= 4 is 34.5 Å². The van der Waals surface area contributed by atoms with Gasteiger partial charge in [-0.15, -0.1) is 0 Å². The summed E-state index contributed by atoms with van der Waals surface area (Å²) in [4.78, 5) is 53.3. The summed E-state index contributed by atoms with van der Waals surface area (Å²) >= 11 is 0. The van der Waals surface area contributed by atoms with Crippen LogP contribution >= 0.6 is 0 Å². The molecule has 0 radical (unpaired) electrons. The summed E-state index contributed by atoms with van der Waals surface area (Å²) in [5, 5.41) is 24.2. The lowest BCUT2D eigenvalue weighted by Gasteiger charge is -2.63. The molecule has 1 aromatic heterocycles. The van der Waals surface area contributed by atoms with E-state index in [1.54, 1.807) is 13.2 Å². The Balaban J connectivity index is 1.38. The van der Waals surface area contributed by atoms with Gasteiger partial charge in [0.1, 0.15) is 11.2 Å². The molecule has 2 N–H and O–H groups in total. The number of aromatic amines is 1. The highest BCUT2D eigenvalue weighted by molar-refractivity contribution is 5.95. The van der Waals surface area contributed by atoms with Crippen LogP contribution in [0.3, 0.4) is 0 Å². The first-order chi connectivity index (χ1) is 28.8. The molecule has 13 heteroatoms. The molecule has 2 bridgehead atoms. The van der Waals surface area contributed by atoms with E-state index in [1.165, 1.54) is 26.7 Å². The van der Waals surface area contributed by atoms with Crippen LogP contribution in [-0.4, -0.2) is 123 Å². The Hall–Kier alpha value is -5.16. The monoisotopic (exact) mass is 817 g/mol. The van der Waals surface area contributed by atoms with Crippen LogP contribution in [0.2, 0.25) is 0 Å². The standard InChI is InChI=1S/C47H55N5O8/c1-8-28-19-30-23-46(42(54)58-6,38-31(13-17-51(25-28)26-30)32-20-29(24-48)11-12-35(32)49-38)34-21-33-36(22-37(34)57-5)50(4)40-45(33)15-18-52-16-10-14-44(9-2,39(45)52)41(60-27(3)53)47(40,56)43(55)59-7/h10-12,14,19-22,30,39-41,49,56H,8-9,13,15-18,23,25-26H2,1-7H3/t30-,39+,40-,41-,44-,45-,46+,47+/m1/s1. The number of aromatic nitrogens is 1. The third kappa shape index (κ3) is 5.16. The molecule has 1 saturated heterocycles. The topological polar surface area (TPSA) is 158 Å². The highest BCUT2D eigenvalue weighted by Gasteiger charge is 2.80. The second-order valence-corrected chi connectivity index (χ2v) is 17.8. The predicted octanol–water partition coefficient (Wildman–Crippen LogP) is 4.67. The summed E-state index contributed by atoms with van der Waals surface area (Å²) in [6.07, 6.45) is 8.08. The molecular weight excluding hydrogens is 763 g/mol. The molecule has 9 rings (SSSR count). The lowest BCUT2D eigenvalue weighted by atomic mass is 9.47. The minimum absolute atomic E-state index is 0.0341. The number of carbonyl (C=O) groups is 3. The molecule has 6 aliphatic rings. The summed E-state index contributed by atoms with van der Waals surface area (Å²) in [6.45, 7) is 9.15. The Morgan fingerprint density at radius 2 is 1.82 bits per heavy atom. The summed E-state index contributed by atoms with van der Waals surface area (Å²) in [7, 11) is 6.15. The fraction of sp³-hybridized carbons (Fsp3) is 0.532. The SMILES string of the molecule is CCC1=C[C@H]2CN(CCc3c([nH]c4ccc(C#N)cc34)[C@@](C(=O)OC)(c3cc4c(cc3OC)N(C)[C@H]3[C@@](O)(C(=O)OC)[C@H](OC(C)=O)[C@]5(CC)C=CCN6CC[C@]43[C@@H]65)C2)C1. The molecule has 2 aromatic carbocycles. The molecule has 9 atom stereocenters. The number of ether oxygens (including phenoxy) is 4. The van der Waals surface area contributed by atoms with Crippen molar-refractivity contribution in [3.8, 4) is 11.8 Å². The van der Waals surface area contributed by atoms with Crippen LogP contribution < -0.4 is 9.64 Å². The minimum atomic E-state index is -2.31. The number of H-pyrrole nitrogens is 1. The van der Waals surface area contributed by atoms with Crippen molar-refractivity contribution in [1.29, 1.82) is 5.26 Å². The van der Waals surface area contributed by atoms with Gasteiger partial charge in [-0.05, 0) is 80.0 Å². The molecule has 316 valence electrons. The zero-order valence-electron chi connectivity index (χ0n) is 35.6. The molecule has 60 heavy (non-hydrogen) atoms. The Labute approximate surface area is 350 Å². The van der Waals surface area contributed by atoms with E-state index in [-0.39, 0.29) is 12.0 Å². The number of carbonyl (C=O) groups excluding carboxylic acids is 3. The predicted molar refractivity (Wildman–Crippen MR) is 224 cm³/mol. The molecule has 1 saturated carbocycles. The van der Waals surface area contributed by atoms with Crippen LogP contribution in [0.15, 0.2) is 54.1 Å². The Bertz CT molecular complexity index is 2420. The van der Waals surface area contributed by atoms with E-state index >= 15 is 4.79 Å². The zero-order valence-corrected chi connectivity index (χ0v) is 35.6. The lowest BCUT2D eigenvalue weighted by molar-refractivity contribution is -0.228. The number of nitrogens with zero attached hydrogens (tertiary/aromatic N) is 4. The van der Waals surface area contributed by atoms with Gasteiger partial charge in [-0.3, -0.25) is 19.4 Å². The van der Waals surface area contributed by atoms with E-state index in [1.807, 2.05) is 43.1 Å². The van der Waals surface area contributed by atoms with E-state index in [2.05, 4.69) is 46.0 Å². The number of methoxy groups -OCH3 is 3. The Morgan fingerprint density at radius 3 is 2.50 bits per heavy atom. The smallest absolute Gasteiger partial charge is 0.344 e. The number of benzene rings is 2. The van der Waals surface area contributed by atoms with E-state index < -0.39 is 51.9 Å². The number of anilines is 1. The summed E-state index contributed by atoms with van der Waals surface area (Å²) < 4.78 is 24.0. The Morgan fingerprint density at radius 1 is 1.03 bits per heavy atom. The maximum Gasteiger partial charge on any atom is 0.344 e. The number of rotatable bonds is 7. The fourth-order valence-electron chi connectivity index (χ4n) is 13.2. The van der Waals surface area contributed by atoms with Crippen molar-refractivity contribution in [2.24, 2.45) is 11.3 Å². The number of nitriles is 1. The number of hydrogen-bond donors (Lipinski definition) is 2. The quantitative estimate of drug-likeness (QED) is 0.193. The molecule has 1 aliphatic carbocycles. The maximum absolute atomic E-state index is 15.4. The lowest BCUT2D eigenvalue weighted by Crippen LogP contribution is -2.81. The average molecular weight is 818 g/mol. The van der Waals surface area contributed by atoms with Gasteiger partial charge in [0.25, 0.3) is 0 Å². The number of fused-ring (bicyclic) bond motifs is 6. The summed E-state index contributed by atoms with van der Waals surface area (Å²) in [5.74, 6) is -1.51. The van der Waals surface area contributed by atoms with Crippen LogP contribution in [0.1, 0.15) is 74.4 Å². The fourth-order valence-corrected chi connectivity index (χ4v) is 13.2. The molecule has 1 unspecified atom stereocenters. The van der Waals surface area contributed by atoms with Gasteiger partial charge in [0.15, 0.2) is 6.10 Å². The van der Waals surface area contributed by atoms with Crippen molar-refractivity contribution in [2.75, 3.05) is 66.0 Å². The van der Waals surface area contributed by atoms with E-state index in [4.69, 9.17) is 18.9 Å². The molecule has 6 heterocycles. The van der Waals surface area contributed by atoms with Crippen LogP contribution in [0, 0.1) is 22.7 Å². The van der Waals surface area contributed by atoms with Crippen LogP contribution in [0.4, 0.5) is 5.69 Å². The summed E-state index contributed by atoms with van der Waals surface area (Å²) in [5.41, 5.74) is 0.904. The Kier molecular flexibility index (Phi) is 9.54. The number of esters is 3. The maximum atomic E-state index is 15.4. The molecule has 5 aliphatic heterocycles. The average Bonchev–Trinajstić information content (AvgIpc) is 3.92. The molecule has 0 amide bonds. The van der Waals surface area contributed by atoms with Crippen molar-refractivity contribution in [1.82, 2.24) is 14.8 Å². The third-order valence-electron chi connectivity index (χ3n) is 15.3. The molecule has 13 nitrogen and oxygen atoms in total. The van der Waals surface area contributed by atoms with Gasteiger partial charge in [0.05, 0.1) is 39.0 Å². The van der Waals surface area contributed by atoms with Crippen LogP contribution in [0.5, 0.6) is 5.75 Å². The van der Waals surface area contributed by atoms with E-state index in [0.29, 0.717) is 61.3 Å². The second-order valence-electron chi connectivity index (χ2n) is 17.8. The van der Waals surface area contributed by atoms with Crippen LogP contribution in [-0.2, 0) is 45.8 Å². The first-order valence-electron chi connectivity index (χ1n) is 21.2.